The zero-order valence-corrected chi connectivity index (χ0v) is 18.3. The van der Waals surface area contributed by atoms with Crippen LogP contribution < -0.4 is 9.47 Å². The van der Waals surface area contributed by atoms with Crippen molar-refractivity contribution in [3.05, 3.63) is 65.2 Å². The first-order chi connectivity index (χ1) is 14.9. The average Bonchev–Trinajstić information content (AvgIpc) is 3.03. The van der Waals surface area contributed by atoms with Gasteiger partial charge in [-0.25, -0.2) is 0 Å². The number of ketones is 1. The summed E-state index contributed by atoms with van der Waals surface area (Å²) >= 11 is 0. The van der Waals surface area contributed by atoms with E-state index in [1.807, 2.05) is 25.1 Å². The van der Waals surface area contributed by atoms with E-state index in [-0.39, 0.29) is 11.3 Å². The molecule has 1 atom stereocenters. The van der Waals surface area contributed by atoms with Gasteiger partial charge in [-0.15, -0.1) is 0 Å². The molecule has 0 bridgehead atoms. The van der Waals surface area contributed by atoms with Crippen LogP contribution in [0.25, 0.3) is 5.76 Å². The summed E-state index contributed by atoms with van der Waals surface area (Å²) in [6.45, 7) is 1.11. The Balaban J connectivity index is 2.18. The molecule has 0 saturated carbocycles. The second kappa shape index (κ2) is 9.66. The Kier molecular flexibility index (Phi) is 6.97. The summed E-state index contributed by atoms with van der Waals surface area (Å²) in [5.41, 5.74) is 1.11. The van der Waals surface area contributed by atoms with Gasteiger partial charge in [0.25, 0.3) is 11.7 Å². The smallest absolute Gasteiger partial charge is 0.295 e. The summed E-state index contributed by atoms with van der Waals surface area (Å²) in [5, 5.41) is 11.1. The molecule has 1 aliphatic heterocycles. The highest BCUT2D eigenvalue weighted by Gasteiger charge is 2.47. The Morgan fingerprint density at radius 1 is 1.03 bits per heavy atom. The van der Waals surface area contributed by atoms with Gasteiger partial charge in [-0.1, -0.05) is 42.5 Å². The monoisotopic (exact) mass is 424 g/mol. The number of rotatable bonds is 8. The molecule has 1 N–H and O–H groups in total. The molecule has 0 spiro atoms. The minimum absolute atomic E-state index is 0.0487. The predicted molar refractivity (Wildman–Crippen MR) is 118 cm³/mol. The van der Waals surface area contributed by atoms with E-state index >= 15 is 0 Å². The standard InChI is InChI=1S/C24H28N2O5/c1-25(2)14-9-15-26-20(17-12-8-13-18(30-3)23(17)31-4)19(22(28)24(26)29)21(27)16-10-6-5-7-11-16/h5-8,10-13,20,27H,9,14-15H2,1-4H3/b21-19-. The van der Waals surface area contributed by atoms with Gasteiger partial charge in [0.2, 0.25) is 0 Å². The topological polar surface area (TPSA) is 79.3 Å². The molecular formula is C24H28N2O5. The number of hydrogen-bond acceptors (Lipinski definition) is 6. The summed E-state index contributed by atoms with van der Waals surface area (Å²) < 4.78 is 11.0. The van der Waals surface area contributed by atoms with Crippen LogP contribution in [0.15, 0.2) is 54.1 Å². The van der Waals surface area contributed by atoms with Crippen LogP contribution in [-0.4, -0.2) is 68.0 Å². The molecule has 0 aromatic heterocycles. The lowest BCUT2D eigenvalue weighted by Gasteiger charge is -2.27. The lowest BCUT2D eigenvalue weighted by atomic mass is 9.94. The van der Waals surface area contributed by atoms with Crippen LogP contribution in [0.3, 0.4) is 0 Å². The number of para-hydroxylation sites is 1. The molecule has 1 heterocycles. The van der Waals surface area contributed by atoms with Gasteiger partial charge in [0.15, 0.2) is 11.5 Å². The number of nitrogens with zero attached hydrogens (tertiary/aromatic N) is 2. The summed E-state index contributed by atoms with van der Waals surface area (Å²) in [5.74, 6) is -0.636. The quantitative estimate of drug-likeness (QED) is 0.399. The summed E-state index contributed by atoms with van der Waals surface area (Å²) in [6, 6.07) is 13.3. The van der Waals surface area contributed by atoms with E-state index in [0.29, 0.717) is 35.6 Å². The fourth-order valence-electron chi connectivity index (χ4n) is 3.87. The number of carbonyl (C=O) groups is 2. The Morgan fingerprint density at radius 3 is 2.35 bits per heavy atom. The number of benzene rings is 2. The second-order valence-electron chi connectivity index (χ2n) is 7.60. The van der Waals surface area contributed by atoms with Crippen molar-refractivity contribution in [2.45, 2.75) is 12.5 Å². The molecule has 2 aromatic carbocycles. The maximum atomic E-state index is 13.1. The van der Waals surface area contributed by atoms with Gasteiger partial charge in [0.1, 0.15) is 5.76 Å². The number of amides is 1. The van der Waals surface area contributed by atoms with Crippen LogP contribution in [0.5, 0.6) is 11.5 Å². The fraction of sp³-hybridized carbons (Fsp3) is 0.333. The molecule has 1 fully saturated rings. The Hall–Kier alpha value is -3.32. The highest BCUT2D eigenvalue weighted by atomic mass is 16.5. The van der Waals surface area contributed by atoms with Crippen LogP contribution >= 0.6 is 0 Å². The minimum Gasteiger partial charge on any atom is -0.507 e. The molecule has 3 rings (SSSR count). The van der Waals surface area contributed by atoms with E-state index < -0.39 is 17.7 Å². The first-order valence-electron chi connectivity index (χ1n) is 10.1. The maximum Gasteiger partial charge on any atom is 0.295 e. The predicted octanol–water partition coefficient (Wildman–Crippen LogP) is 3.08. The molecule has 7 heteroatoms. The number of ether oxygens (including phenoxy) is 2. The molecule has 7 nitrogen and oxygen atoms in total. The van der Waals surface area contributed by atoms with Crippen molar-refractivity contribution in [2.24, 2.45) is 0 Å². The normalized spacial score (nSPS) is 18.0. The van der Waals surface area contributed by atoms with E-state index in [2.05, 4.69) is 0 Å². The van der Waals surface area contributed by atoms with E-state index in [1.54, 1.807) is 42.5 Å². The van der Waals surface area contributed by atoms with Crippen LogP contribution in [0.2, 0.25) is 0 Å². The molecule has 1 unspecified atom stereocenters. The highest BCUT2D eigenvalue weighted by molar-refractivity contribution is 6.46. The van der Waals surface area contributed by atoms with Gasteiger partial charge >= 0.3 is 0 Å². The molecule has 2 aromatic rings. The highest BCUT2D eigenvalue weighted by Crippen LogP contribution is 2.45. The maximum absolute atomic E-state index is 13.1. The lowest BCUT2D eigenvalue weighted by molar-refractivity contribution is -0.140. The largest absolute Gasteiger partial charge is 0.507 e. The number of likely N-dealkylation sites (tertiary alicyclic amines) is 1. The van der Waals surface area contributed by atoms with Crippen LogP contribution in [0.4, 0.5) is 0 Å². The van der Waals surface area contributed by atoms with Crippen molar-refractivity contribution < 1.29 is 24.2 Å². The first kappa shape index (κ1) is 22.4. The number of hydrogen-bond donors (Lipinski definition) is 1. The van der Waals surface area contributed by atoms with E-state index in [9.17, 15) is 14.7 Å². The fourth-order valence-corrected chi connectivity index (χ4v) is 3.87. The third kappa shape index (κ3) is 4.41. The number of aliphatic hydroxyl groups excluding tert-OH is 1. The van der Waals surface area contributed by atoms with E-state index in [4.69, 9.17) is 9.47 Å². The van der Waals surface area contributed by atoms with Crippen molar-refractivity contribution in [3.8, 4) is 11.5 Å². The Bertz CT molecular complexity index is 985. The molecule has 1 saturated heterocycles. The summed E-state index contributed by atoms with van der Waals surface area (Å²) in [4.78, 5) is 29.6. The molecule has 0 radical (unpaired) electrons. The second-order valence-corrected chi connectivity index (χ2v) is 7.60. The Morgan fingerprint density at radius 2 is 1.74 bits per heavy atom. The Labute approximate surface area is 182 Å². The molecule has 1 aliphatic rings. The molecule has 1 amide bonds. The number of Topliss-reactive ketones (excluding diaryl/α,β-unsaturated/α-hetero) is 1. The molecule has 0 aliphatic carbocycles. The number of aliphatic hydroxyl groups is 1. The van der Waals surface area contributed by atoms with Gasteiger partial charge in [0, 0.05) is 17.7 Å². The van der Waals surface area contributed by atoms with Gasteiger partial charge < -0.3 is 24.4 Å². The van der Waals surface area contributed by atoms with Crippen molar-refractivity contribution in [1.29, 1.82) is 0 Å². The van der Waals surface area contributed by atoms with Gasteiger partial charge in [-0.3, -0.25) is 9.59 Å². The number of methoxy groups -OCH3 is 2. The average molecular weight is 424 g/mol. The van der Waals surface area contributed by atoms with Crippen molar-refractivity contribution in [1.82, 2.24) is 9.80 Å². The molecular weight excluding hydrogens is 396 g/mol. The minimum atomic E-state index is -0.785. The summed E-state index contributed by atoms with van der Waals surface area (Å²) in [7, 11) is 6.94. The SMILES string of the molecule is COc1cccc(C2/C(=C(/O)c3ccccc3)C(=O)C(=O)N2CCCN(C)C)c1OC. The third-order valence-corrected chi connectivity index (χ3v) is 5.32. The molecule has 31 heavy (non-hydrogen) atoms. The third-order valence-electron chi connectivity index (χ3n) is 5.32. The van der Waals surface area contributed by atoms with Gasteiger partial charge in [-0.2, -0.15) is 0 Å². The van der Waals surface area contributed by atoms with Gasteiger partial charge in [0.05, 0.1) is 25.8 Å². The van der Waals surface area contributed by atoms with Gasteiger partial charge in [-0.05, 0) is 33.1 Å². The van der Waals surface area contributed by atoms with E-state index in [0.717, 1.165) is 6.54 Å². The summed E-state index contributed by atoms with van der Waals surface area (Å²) in [6.07, 6.45) is 0.675. The van der Waals surface area contributed by atoms with Crippen molar-refractivity contribution in [3.63, 3.8) is 0 Å². The molecule has 164 valence electrons. The zero-order chi connectivity index (χ0) is 22.5. The van der Waals surface area contributed by atoms with Crippen LogP contribution in [-0.2, 0) is 9.59 Å². The lowest BCUT2D eigenvalue weighted by Crippen LogP contribution is -2.32. The first-order valence-corrected chi connectivity index (χ1v) is 10.1. The number of carbonyl (C=O) groups excluding carboxylic acids is 2. The van der Waals surface area contributed by atoms with Crippen LogP contribution in [0, 0.1) is 0 Å². The van der Waals surface area contributed by atoms with Crippen molar-refractivity contribution >= 4 is 17.4 Å². The van der Waals surface area contributed by atoms with Crippen LogP contribution in [0.1, 0.15) is 23.6 Å². The zero-order valence-electron chi connectivity index (χ0n) is 18.3. The van der Waals surface area contributed by atoms with E-state index in [1.165, 1.54) is 19.1 Å². The van der Waals surface area contributed by atoms with Crippen molar-refractivity contribution in [2.75, 3.05) is 41.4 Å².